The van der Waals surface area contributed by atoms with Crippen molar-refractivity contribution in [3.8, 4) is 44.9 Å². The van der Waals surface area contributed by atoms with Crippen LogP contribution in [0.3, 0.4) is 0 Å². The molecule has 1 atom stereocenters. The summed E-state index contributed by atoms with van der Waals surface area (Å²) in [6.07, 6.45) is 8.80. The molecule has 8 aromatic rings. The molecule has 1 unspecified atom stereocenters. The lowest BCUT2D eigenvalue weighted by molar-refractivity contribution is 0.291. The number of anilines is 3. The topological polar surface area (TPSA) is 21.7 Å². The molecule has 13 rings (SSSR count). The van der Waals surface area contributed by atoms with Gasteiger partial charge in [0.15, 0.2) is 17.3 Å². The molecule has 5 aliphatic rings. The Bertz CT molecular complexity index is 3320. The van der Waals surface area contributed by atoms with Crippen molar-refractivity contribution in [2.24, 2.45) is 0 Å². The third kappa shape index (κ3) is 5.53. The Labute approximate surface area is 374 Å². The monoisotopic (exact) mass is 821 g/mol. The minimum atomic E-state index is -0.309. The first-order valence-electron chi connectivity index (χ1n) is 22.5. The Morgan fingerprint density at radius 3 is 1.86 bits per heavy atom. The van der Waals surface area contributed by atoms with Crippen LogP contribution in [0.1, 0.15) is 47.9 Å². The molecule has 0 N–H and O–H groups in total. The molecular weight excluding hydrogens is 779 g/mol. The number of hydrogen-bond donors (Lipinski definition) is 0. The summed E-state index contributed by atoms with van der Waals surface area (Å²) in [6.45, 7) is 0. The van der Waals surface area contributed by atoms with Crippen molar-refractivity contribution in [3.05, 3.63) is 257 Å². The highest BCUT2D eigenvalue weighted by molar-refractivity contribution is 6.02. The second-order valence-corrected chi connectivity index (χ2v) is 17.3. The molecule has 4 aliphatic carbocycles. The van der Waals surface area contributed by atoms with Gasteiger partial charge in [-0.05, 0) is 129 Å². The van der Waals surface area contributed by atoms with Gasteiger partial charge < -0.3 is 14.4 Å². The molecule has 3 nitrogen and oxygen atoms in total. The van der Waals surface area contributed by atoms with Gasteiger partial charge in [0.1, 0.15) is 5.76 Å². The summed E-state index contributed by atoms with van der Waals surface area (Å²) >= 11 is 0. The summed E-state index contributed by atoms with van der Waals surface area (Å²) in [7, 11) is 0. The molecule has 3 heteroatoms. The second-order valence-electron chi connectivity index (χ2n) is 17.3. The zero-order valence-corrected chi connectivity index (χ0v) is 35.3. The van der Waals surface area contributed by atoms with Crippen molar-refractivity contribution in [1.29, 1.82) is 0 Å². The second kappa shape index (κ2) is 14.6. The Balaban J connectivity index is 0.863. The molecular formula is C61H43NO2. The quantitative estimate of drug-likeness (QED) is 0.167. The number of nitrogens with zero attached hydrogens (tertiary/aromatic N) is 1. The van der Waals surface area contributed by atoms with Crippen molar-refractivity contribution in [2.45, 2.75) is 31.1 Å². The van der Waals surface area contributed by atoms with Crippen LogP contribution in [-0.2, 0) is 5.41 Å². The summed E-state index contributed by atoms with van der Waals surface area (Å²) in [4.78, 5) is 2.37. The Kier molecular flexibility index (Phi) is 8.39. The maximum Gasteiger partial charge on any atom is 0.173 e. The van der Waals surface area contributed by atoms with Gasteiger partial charge in [-0.3, -0.25) is 0 Å². The van der Waals surface area contributed by atoms with E-state index in [0.29, 0.717) is 0 Å². The van der Waals surface area contributed by atoms with Gasteiger partial charge in [-0.2, -0.15) is 0 Å². The van der Waals surface area contributed by atoms with Gasteiger partial charge >= 0.3 is 0 Å². The van der Waals surface area contributed by atoms with E-state index < -0.39 is 0 Å². The Morgan fingerprint density at radius 1 is 0.422 bits per heavy atom. The molecule has 0 saturated carbocycles. The molecule has 0 bridgehead atoms. The number of allylic oxidation sites excluding steroid dienone is 7. The van der Waals surface area contributed by atoms with E-state index in [9.17, 15) is 0 Å². The predicted octanol–water partition coefficient (Wildman–Crippen LogP) is 15.8. The van der Waals surface area contributed by atoms with Crippen molar-refractivity contribution in [1.82, 2.24) is 0 Å². The van der Waals surface area contributed by atoms with E-state index in [-0.39, 0.29) is 5.41 Å². The van der Waals surface area contributed by atoms with Gasteiger partial charge in [0.2, 0.25) is 0 Å². The van der Waals surface area contributed by atoms with E-state index in [2.05, 4.69) is 217 Å². The van der Waals surface area contributed by atoms with Crippen molar-refractivity contribution in [2.75, 3.05) is 4.90 Å². The number of para-hydroxylation sites is 1. The van der Waals surface area contributed by atoms with Crippen LogP contribution in [0, 0.1) is 0 Å². The van der Waals surface area contributed by atoms with Crippen LogP contribution in [0.5, 0.6) is 11.5 Å². The van der Waals surface area contributed by atoms with Crippen LogP contribution < -0.4 is 14.4 Å². The van der Waals surface area contributed by atoms with Crippen molar-refractivity contribution < 1.29 is 9.47 Å². The standard InChI is InChI=1S/C61H43NO2/c1-3-16-40(17-4-1)43-20-15-21-46(38-43)62(55-29-14-10-22-47(55)42-18-5-2-6-19-42)45-33-30-41(31-34-45)44-32-36-56-58(39-44)63-57-37-35-54-59(60(57)64-56)50-25-9-13-28-53(50)61(54)51-26-11-7-23-48(51)49-24-8-12-27-52(49)61/h1-7,9-11,13-34,36,38-39H,8,12,35,37H2. The highest BCUT2D eigenvalue weighted by atomic mass is 16.6. The van der Waals surface area contributed by atoms with E-state index in [1.165, 1.54) is 66.8 Å². The Hall–Kier alpha value is -7.88. The zero-order chi connectivity index (χ0) is 42.2. The van der Waals surface area contributed by atoms with Gasteiger partial charge in [-0.25, -0.2) is 0 Å². The summed E-state index contributed by atoms with van der Waals surface area (Å²) in [5.41, 5.74) is 20.7. The fourth-order valence-electron chi connectivity index (χ4n) is 11.2. The lowest BCUT2D eigenvalue weighted by atomic mass is 9.67. The number of fused-ring (bicyclic) bond motifs is 11. The van der Waals surface area contributed by atoms with Crippen LogP contribution in [0.25, 0.3) is 44.5 Å². The van der Waals surface area contributed by atoms with Gasteiger partial charge in [0.05, 0.1) is 11.1 Å². The first-order valence-corrected chi connectivity index (χ1v) is 22.5. The lowest BCUT2D eigenvalue weighted by Crippen LogP contribution is -2.29. The third-order valence-electron chi connectivity index (χ3n) is 13.9. The highest BCUT2D eigenvalue weighted by Gasteiger charge is 2.56. The summed E-state index contributed by atoms with van der Waals surface area (Å²) in [6, 6.07) is 72.1. The molecule has 1 heterocycles. The molecule has 1 spiro atoms. The van der Waals surface area contributed by atoms with Crippen LogP contribution in [0.2, 0.25) is 0 Å². The number of ether oxygens (including phenoxy) is 2. The SMILES string of the molecule is C1=C2C(=CCC1)C1(C3=C(C4=C(CC3)Oc3cc(-c5ccc(N(c6cccc(-c7ccccc7)c6)c6ccccc6-c6ccccc6)cc5)ccc3O4)c3ccccc31)c1ccccc12. The fourth-order valence-corrected chi connectivity index (χ4v) is 11.2. The van der Waals surface area contributed by atoms with Gasteiger partial charge in [0, 0.05) is 28.9 Å². The minimum absolute atomic E-state index is 0.309. The van der Waals surface area contributed by atoms with Gasteiger partial charge in [-0.15, -0.1) is 0 Å². The van der Waals surface area contributed by atoms with E-state index in [1.807, 2.05) is 0 Å². The van der Waals surface area contributed by atoms with Crippen LogP contribution in [-0.4, -0.2) is 0 Å². The van der Waals surface area contributed by atoms with E-state index in [4.69, 9.17) is 9.47 Å². The zero-order valence-electron chi connectivity index (χ0n) is 35.3. The predicted molar refractivity (Wildman–Crippen MR) is 261 cm³/mol. The molecule has 0 saturated heterocycles. The van der Waals surface area contributed by atoms with Crippen LogP contribution in [0.15, 0.2) is 235 Å². The molecule has 0 aromatic heterocycles. The summed E-state index contributed by atoms with van der Waals surface area (Å²) in [5, 5.41) is 0. The Morgan fingerprint density at radius 2 is 1.05 bits per heavy atom. The minimum Gasteiger partial charge on any atom is -0.454 e. The van der Waals surface area contributed by atoms with Crippen LogP contribution >= 0.6 is 0 Å². The molecule has 0 radical (unpaired) electrons. The first-order chi connectivity index (χ1) is 31.7. The third-order valence-corrected chi connectivity index (χ3v) is 13.9. The maximum absolute atomic E-state index is 7.02. The van der Waals surface area contributed by atoms with Gasteiger partial charge in [-0.1, -0.05) is 170 Å². The van der Waals surface area contributed by atoms with Gasteiger partial charge in [0.25, 0.3) is 0 Å². The molecule has 1 aliphatic heterocycles. The first kappa shape index (κ1) is 36.7. The highest BCUT2D eigenvalue weighted by Crippen LogP contribution is 2.67. The molecule has 64 heavy (non-hydrogen) atoms. The van der Waals surface area contributed by atoms with E-state index >= 15 is 0 Å². The number of rotatable bonds is 6. The van der Waals surface area contributed by atoms with E-state index in [0.717, 1.165) is 76.9 Å². The largest absolute Gasteiger partial charge is 0.454 e. The van der Waals surface area contributed by atoms with E-state index in [1.54, 1.807) is 0 Å². The molecule has 0 fully saturated rings. The molecule has 0 amide bonds. The maximum atomic E-state index is 7.02. The molecule has 304 valence electrons. The summed E-state index contributed by atoms with van der Waals surface area (Å²) < 4.78 is 13.9. The normalized spacial score (nSPS) is 17.5. The number of hydrogen-bond acceptors (Lipinski definition) is 3. The van der Waals surface area contributed by atoms with Crippen LogP contribution in [0.4, 0.5) is 17.1 Å². The number of benzene rings is 8. The average Bonchev–Trinajstić information content (AvgIpc) is 3.84. The smallest absolute Gasteiger partial charge is 0.173 e. The van der Waals surface area contributed by atoms with Crippen molar-refractivity contribution in [3.63, 3.8) is 0 Å². The average molecular weight is 822 g/mol. The summed E-state index contributed by atoms with van der Waals surface area (Å²) in [5.74, 6) is 3.29. The van der Waals surface area contributed by atoms with Crippen molar-refractivity contribution >= 4 is 28.2 Å². The molecule has 8 aromatic carbocycles. The lowest BCUT2D eigenvalue weighted by Gasteiger charge is -2.36. The fraction of sp³-hybridized carbons (Fsp3) is 0.0820.